The molecule has 7 atom stereocenters. The maximum absolute atomic E-state index is 14.8. The number of likely N-dealkylation sites (tertiary alicyclic amines) is 1. The second kappa shape index (κ2) is 14.1. The molecular weight excluding hydrogens is 570 g/mol. The highest BCUT2D eigenvalue weighted by Gasteiger charge is 2.79. The van der Waals surface area contributed by atoms with E-state index < -0.39 is 35.1 Å². The van der Waals surface area contributed by atoms with E-state index in [1.807, 2.05) is 58.9 Å². The Bertz CT molecular complexity index is 1250. The summed E-state index contributed by atoms with van der Waals surface area (Å²) < 4.78 is 12.7. The second-order valence-corrected chi connectivity index (χ2v) is 13.2. The number of aliphatic hydroxyl groups is 1. The minimum Gasteiger partial charge on any atom is -0.494 e. The molecule has 3 aliphatic rings. The summed E-state index contributed by atoms with van der Waals surface area (Å²) in [6.07, 6.45) is 6.65. The third-order valence-corrected chi connectivity index (χ3v) is 10.3. The molecule has 2 bridgehead atoms. The molecule has 0 aromatic heterocycles. The predicted molar refractivity (Wildman–Crippen MR) is 176 cm³/mol. The van der Waals surface area contributed by atoms with Crippen LogP contribution in [0, 0.1) is 17.8 Å². The highest BCUT2D eigenvalue weighted by Crippen LogP contribution is 2.65. The van der Waals surface area contributed by atoms with Crippen LogP contribution in [-0.2, 0) is 19.1 Å². The zero-order valence-corrected chi connectivity index (χ0v) is 28.0. The first-order chi connectivity index (χ1) is 21.5. The molecule has 4 rings (SSSR count). The number of hydrogen-bond donors (Lipinski definition) is 1. The van der Waals surface area contributed by atoms with Crippen LogP contribution in [0.4, 0.5) is 5.69 Å². The highest BCUT2D eigenvalue weighted by atomic mass is 16.5. The molecular formula is C36H53N3O6. The van der Waals surface area contributed by atoms with Gasteiger partial charge < -0.3 is 29.3 Å². The van der Waals surface area contributed by atoms with Gasteiger partial charge in [-0.05, 0) is 69.7 Å². The Morgan fingerprint density at radius 3 is 2.29 bits per heavy atom. The molecule has 0 radical (unpaired) electrons. The number of ether oxygens (including phenoxy) is 2. The highest BCUT2D eigenvalue weighted by molar-refractivity contribution is 6.03. The summed E-state index contributed by atoms with van der Waals surface area (Å²) >= 11 is 0. The van der Waals surface area contributed by atoms with Crippen molar-refractivity contribution in [3.63, 3.8) is 0 Å². The van der Waals surface area contributed by atoms with Crippen LogP contribution in [0.5, 0.6) is 5.75 Å². The van der Waals surface area contributed by atoms with E-state index in [1.54, 1.807) is 26.9 Å². The Kier molecular flexibility index (Phi) is 10.9. The molecule has 9 nitrogen and oxygen atoms in total. The Balaban J connectivity index is 1.85. The molecule has 3 saturated heterocycles. The zero-order chi connectivity index (χ0) is 33.1. The van der Waals surface area contributed by atoms with Gasteiger partial charge in [-0.2, -0.15) is 0 Å². The molecule has 3 amide bonds. The molecule has 3 aliphatic heterocycles. The van der Waals surface area contributed by atoms with Crippen molar-refractivity contribution in [1.29, 1.82) is 0 Å². The molecule has 1 N–H and O–H groups in total. The third-order valence-electron chi connectivity index (χ3n) is 10.3. The topological polar surface area (TPSA) is 99.6 Å². The molecule has 1 aromatic carbocycles. The largest absolute Gasteiger partial charge is 0.494 e. The van der Waals surface area contributed by atoms with E-state index >= 15 is 0 Å². The smallest absolute Gasteiger partial charge is 0.248 e. The molecule has 248 valence electrons. The van der Waals surface area contributed by atoms with E-state index in [9.17, 15) is 19.5 Å². The SMILES string of the molecule is C=CCN(C(=O)[C@H]1[C@H]2C(=O)N([C@@H](CO)C(C)C)C(C(=O)N(CC=C)C(C)CCC)C23CC[C@]1(CC)O3)c1ccc(OCC)cc1. The molecule has 45 heavy (non-hydrogen) atoms. The summed E-state index contributed by atoms with van der Waals surface area (Å²) in [5.74, 6) is -1.81. The van der Waals surface area contributed by atoms with Crippen molar-refractivity contribution in [2.24, 2.45) is 17.8 Å². The first-order valence-corrected chi connectivity index (χ1v) is 16.7. The van der Waals surface area contributed by atoms with Gasteiger partial charge in [0.05, 0.1) is 36.7 Å². The lowest BCUT2D eigenvalue weighted by Gasteiger charge is -2.42. The van der Waals surface area contributed by atoms with E-state index in [0.29, 0.717) is 43.9 Å². The van der Waals surface area contributed by atoms with Gasteiger partial charge in [-0.3, -0.25) is 14.4 Å². The van der Waals surface area contributed by atoms with Crippen LogP contribution in [0.1, 0.15) is 73.6 Å². The Labute approximate surface area is 269 Å². The number of fused-ring (bicyclic) bond motifs is 1. The van der Waals surface area contributed by atoms with Crippen LogP contribution in [-0.4, -0.2) is 88.3 Å². The second-order valence-electron chi connectivity index (χ2n) is 13.2. The maximum Gasteiger partial charge on any atom is 0.248 e. The van der Waals surface area contributed by atoms with Gasteiger partial charge in [-0.1, -0.05) is 46.3 Å². The van der Waals surface area contributed by atoms with Crippen LogP contribution in [0.2, 0.25) is 0 Å². The van der Waals surface area contributed by atoms with Gasteiger partial charge in [0.2, 0.25) is 17.7 Å². The van der Waals surface area contributed by atoms with Crippen LogP contribution >= 0.6 is 0 Å². The Hall–Kier alpha value is -3.17. The number of nitrogens with zero attached hydrogens (tertiary/aromatic N) is 3. The van der Waals surface area contributed by atoms with Crippen molar-refractivity contribution in [2.45, 2.75) is 103 Å². The monoisotopic (exact) mass is 623 g/mol. The number of rotatable bonds is 16. The number of carbonyl (C=O) groups is 3. The van der Waals surface area contributed by atoms with Gasteiger partial charge >= 0.3 is 0 Å². The number of amides is 3. The normalized spacial score (nSPS) is 28.1. The zero-order valence-electron chi connectivity index (χ0n) is 28.0. The minimum absolute atomic E-state index is 0.0848. The molecule has 0 aliphatic carbocycles. The van der Waals surface area contributed by atoms with E-state index in [2.05, 4.69) is 20.1 Å². The quantitative estimate of drug-likeness (QED) is 0.261. The lowest BCUT2D eigenvalue weighted by Crippen LogP contribution is -2.60. The fourth-order valence-electron chi connectivity index (χ4n) is 8.15. The van der Waals surface area contributed by atoms with Crippen molar-refractivity contribution in [2.75, 3.05) is 31.2 Å². The van der Waals surface area contributed by atoms with Crippen molar-refractivity contribution in [3.05, 3.63) is 49.6 Å². The van der Waals surface area contributed by atoms with Crippen LogP contribution in [0.15, 0.2) is 49.6 Å². The molecule has 0 saturated carbocycles. The molecule has 1 spiro atoms. The summed E-state index contributed by atoms with van der Waals surface area (Å²) in [6.45, 7) is 20.5. The number of carbonyl (C=O) groups excluding carboxylic acids is 3. The van der Waals surface area contributed by atoms with E-state index in [4.69, 9.17) is 9.47 Å². The number of aliphatic hydroxyl groups excluding tert-OH is 1. The minimum atomic E-state index is -1.18. The van der Waals surface area contributed by atoms with Crippen LogP contribution in [0.3, 0.4) is 0 Å². The predicted octanol–water partition coefficient (Wildman–Crippen LogP) is 4.98. The fraction of sp³-hybridized carbons (Fsp3) is 0.639. The summed E-state index contributed by atoms with van der Waals surface area (Å²) in [6, 6.07) is 5.68. The Morgan fingerprint density at radius 1 is 1.09 bits per heavy atom. The lowest BCUT2D eigenvalue weighted by atomic mass is 9.64. The summed E-state index contributed by atoms with van der Waals surface area (Å²) in [7, 11) is 0. The molecule has 1 aromatic rings. The standard InChI is InChI=1S/C36H53N3O6/c1-9-14-25(8)37(21-10-2)34(43)31-36-20-19-35(12-4,45-36)29(30(36)33(42)39(31)28(23-40)24(6)7)32(41)38(22-11-3)26-15-17-27(18-16-26)44-13-5/h10-11,15-18,24-25,28-31,40H,2-3,9,12-14,19-23H2,1,4-8H3/t25?,28-,29+,30-,31?,35-,36?/m0/s1. The van der Waals surface area contributed by atoms with Crippen LogP contribution < -0.4 is 9.64 Å². The summed E-state index contributed by atoms with van der Waals surface area (Å²) in [5.41, 5.74) is -1.41. The van der Waals surface area contributed by atoms with Gasteiger partial charge in [0.25, 0.3) is 0 Å². The molecule has 3 heterocycles. The summed E-state index contributed by atoms with van der Waals surface area (Å²) in [5, 5.41) is 10.6. The average molecular weight is 624 g/mol. The third kappa shape index (κ3) is 5.82. The van der Waals surface area contributed by atoms with Gasteiger partial charge in [0, 0.05) is 24.8 Å². The van der Waals surface area contributed by atoms with Gasteiger partial charge in [0.15, 0.2) is 0 Å². The molecule has 3 unspecified atom stereocenters. The van der Waals surface area contributed by atoms with Crippen LogP contribution in [0.25, 0.3) is 0 Å². The first-order valence-electron chi connectivity index (χ1n) is 16.7. The van der Waals surface area contributed by atoms with E-state index in [0.717, 1.165) is 12.8 Å². The van der Waals surface area contributed by atoms with E-state index in [-0.39, 0.29) is 42.8 Å². The first kappa shape index (κ1) is 34.7. The van der Waals surface area contributed by atoms with Gasteiger partial charge in [0.1, 0.15) is 17.4 Å². The molecule has 3 fully saturated rings. The van der Waals surface area contributed by atoms with Crippen molar-refractivity contribution in [1.82, 2.24) is 9.80 Å². The lowest BCUT2D eigenvalue weighted by molar-refractivity contribution is -0.158. The number of benzene rings is 1. The van der Waals surface area contributed by atoms with Crippen molar-refractivity contribution in [3.8, 4) is 5.75 Å². The van der Waals surface area contributed by atoms with Gasteiger partial charge in [-0.25, -0.2) is 0 Å². The fourth-order valence-corrected chi connectivity index (χ4v) is 8.15. The van der Waals surface area contributed by atoms with Crippen molar-refractivity contribution >= 4 is 23.4 Å². The van der Waals surface area contributed by atoms with E-state index in [1.165, 1.54) is 0 Å². The molecule has 9 heteroatoms. The maximum atomic E-state index is 14.8. The summed E-state index contributed by atoms with van der Waals surface area (Å²) in [4.78, 5) is 49.5. The number of anilines is 1. The van der Waals surface area contributed by atoms with Crippen molar-refractivity contribution < 1.29 is 29.0 Å². The Morgan fingerprint density at radius 2 is 1.76 bits per heavy atom. The number of hydrogen-bond acceptors (Lipinski definition) is 6. The average Bonchev–Trinajstić information content (AvgIpc) is 3.63. The van der Waals surface area contributed by atoms with Gasteiger partial charge in [-0.15, -0.1) is 13.2 Å².